The Morgan fingerprint density at radius 1 is 1.08 bits per heavy atom. The zero-order valence-electron chi connectivity index (χ0n) is 14.3. The highest BCUT2D eigenvalue weighted by Gasteiger charge is 2.24. The first-order valence-corrected chi connectivity index (χ1v) is 8.19. The van der Waals surface area contributed by atoms with Gasteiger partial charge in [-0.25, -0.2) is 27.2 Å². The summed E-state index contributed by atoms with van der Waals surface area (Å²) in [6.07, 6.45) is -6.07. The van der Waals surface area contributed by atoms with Crippen LogP contribution in [0.4, 0.5) is 23.4 Å². The van der Waals surface area contributed by atoms with Crippen LogP contribution in [-0.4, -0.2) is 14.8 Å². The number of nitrogens with zero attached hydrogens (tertiary/aromatic N) is 3. The second kappa shape index (κ2) is 7.90. The van der Waals surface area contributed by atoms with Gasteiger partial charge in [0.2, 0.25) is 0 Å². The molecule has 0 bridgehead atoms. The van der Waals surface area contributed by atoms with Gasteiger partial charge in [-0.1, -0.05) is 31.5 Å². The van der Waals surface area contributed by atoms with Crippen LogP contribution in [0.25, 0.3) is 16.6 Å². The van der Waals surface area contributed by atoms with E-state index in [0.717, 1.165) is 16.3 Å². The Morgan fingerprint density at radius 2 is 1.73 bits per heavy atom. The minimum absolute atomic E-state index is 0.0928. The zero-order valence-corrected chi connectivity index (χ0v) is 15.0. The van der Waals surface area contributed by atoms with Crippen LogP contribution in [0.5, 0.6) is 0 Å². The fourth-order valence-corrected chi connectivity index (χ4v) is 2.73. The lowest BCUT2D eigenvalue weighted by molar-refractivity contribution is 0.135. The van der Waals surface area contributed by atoms with Crippen molar-refractivity contribution in [2.75, 3.05) is 5.73 Å². The molecule has 140 valence electrons. The van der Waals surface area contributed by atoms with E-state index in [0.29, 0.717) is 10.7 Å². The number of aromatic nitrogens is 3. The number of nitrogens with two attached hydrogens (primary N) is 1. The minimum atomic E-state index is -3.07. The number of fused-ring (bicyclic) bond motifs is 1. The number of halogens is 5. The molecular formula is C17H17ClF4N4. The summed E-state index contributed by atoms with van der Waals surface area (Å²) in [4.78, 5) is 3.34. The maximum Gasteiger partial charge on any atom is 0.281 e. The van der Waals surface area contributed by atoms with Gasteiger partial charge < -0.3 is 5.73 Å². The maximum absolute atomic E-state index is 13.2. The second-order valence-electron chi connectivity index (χ2n) is 5.18. The van der Waals surface area contributed by atoms with Gasteiger partial charge in [-0.3, -0.25) is 0 Å². The summed E-state index contributed by atoms with van der Waals surface area (Å²) in [5.74, 6) is -0.139. The van der Waals surface area contributed by atoms with E-state index in [1.807, 2.05) is 20.8 Å². The van der Waals surface area contributed by atoms with E-state index < -0.39 is 24.2 Å². The molecule has 0 amide bonds. The minimum Gasteiger partial charge on any atom is -0.383 e. The van der Waals surface area contributed by atoms with Crippen molar-refractivity contribution in [1.82, 2.24) is 14.8 Å². The van der Waals surface area contributed by atoms with Gasteiger partial charge in [0.1, 0.15) is 17.2 Å². The summed E-state index contributed by atoms with van der Waals surface area (Å²) in [5, 5.41) is 4.20. The Kier molecular flexibility index (Phi) is 6.07. The number of benzene rings is 1. The SMILES string of the molecule is CC.Cc1ccc(-n2nc3cc(C(F)F)nc(C(F)F)c3c2N)c(Cl)c1. The van der Waals surface area contributed by atoms with Gasteiger partial charge in [0.25, 0.3) is 12.9 Å². The third-order valence-corrected chi connectivity index (χ3v) is 3.80. The van der Waals surface area contributed by atoms with Crippen molar-refractivity contribution in [3.8, 4) is 5.69 Å². The molecule has 0 atom stereocenters. The van der Waals surface area contributed by atoms with Crippen LogP contribution < -0.4 is 5.73 Å². The van der Waals surface area contributed by atoms with Crippen LogP contribution in [0.2, 0.25) is 5.02 Å². The fraction of sp³-hybridized carbons (Fsp3) is 0.294. The Morgan fingerprint density at radius 3 is 2.27 bits per heavy atom. The largest absolute Gasteiger partial charge is 0.383 e. The smallest absolute Gasteiger partial charge is 0.281 e. The van der Waals surface area contributed by atoms with Gasteiger partial charge >= 0.3 is 0 Å². The molecule has 0 aliphatic rings. The van der Waals surface area contributed by atoms with Crippen molar-refractivity contribution in [2.45, 2.75) is 33.6 Å². The van der Waals surface area contributed by atoms with Crippen LogP contribution in [0.1, 0.15) is 43.6 Å². The Balaban J connectivity index is 0.00000117. The zero-order chi connectivity index (χ0) is 19.6. The first-order valence-electron chi connectivity index (χ1n) is 7.81. The molecule has 0 fully saturated rings. The quantitative estimate of drug-likeness (QED) is 0.571. The molecule has 0 saturated carbocycles. The van der Waals surface area contributed by atoms with Crippen molar-refractivity contribution in [3.63, 3.8) is 0 Å². The molecule has 0 aliphatic heterocycles. The van der Waals surface area contributed by atoms with Crippen molar-refractivity contribution in [1.29, 1.82) is 0 Å². The summed E-state index contributed by atoms with van der Waals surface area (Å²) in [6, 6.07) is 5.95. The van der Waals surface area contributed by atoms with Crippen LogP contribution in [0.3, 0.4) is 0 Å². The van der Waals surface area contributed by atoms with Crippen LogP contribution in [-0.2, 0) is 0 Å². The number of aryl methyl sites for hydroxylation is 1. The molecule has 0 spiro atoms. The number of rotatable bonds is 3. The molecule has 2 heterocycles. The first kappa shape index (κ1) is 20.0. The fourth-order valence-electron chi connectivity index (χ4n) is 2.42. The molecule has 26 heavy (non-hydrogen) atoms. The number of pyridine rings is 1. The standard InChI is InChI=1S/C15H11ClF4N4.C2H6/c1-6-2-3-10(7(16)4-6)24-15(21)11-8(23-24)5-9(13(17)18)22-12(11)14(19)20;1-2/h2-5,13-14H,21H2,1H3;1-2H3. The van der Waals surface area contributed by atoms with E-state index >= 15 is 0 Å². The van der Waals surface area contributed by atoms with Crippen molar-refractivity contribution >= 4 is 28.3 Å². The molecule has 0 unspecified atom stereocenters. The lowest BCUT2D eigenvalue weighted by atomic mass is 10.2. The van der Waals surface area contributed by atoms with Crippen molar-refractivity contribution in [2.24, 2.45) is 0 Å². The average Bonchev–Trinajstić information content (AvgIpc) is 2.92. The lowest BCUT2D eigenvalue weighted by Crippen LogP contribution is -2.03. The summed E-state index contributed by atoms with van der Waals surface area (Å²) >= 11 is 6.15. The number of nitrogen functional groups attached to an aromatic ring is 1. The molecule has 4 nitrogen and oxygen atoms in total. The van der Waals surface area contributed by atoms with Crippen LogP contribution >= 0.6 is 11.6 Å². The summed E-state index contributed by atoms with van der Waals surface area (Å²) in [6.45, 7) is 5.83. The maximum atomic E-state index is 13.2. The molecule has 0 saturated heterocycles. The number of alkyl halides is 4. The van der Waals surface area contributed by atoms with Crippen molar-refractivity contribution < 1.29 is 17.6 Å². The van der Waals surface area contributed by atoms with E-state index in [9.17, 15) is 17.6 Å². The van der Waals surface area contributed by atoms with Gasteiger partial charge in [0, 0.05) is 0 Å². The Bertz CT molecular complexity index is 925. The van der Waals surface area contributed by atoms with Crippen LogP contribution in [0, 0.1) is 6.92 Å². The third-order valence-electron chi connectivity index (χ3n) is 3.50. The predicted molar refractivity (Wildman–Crippen MR) is 94.3 cm³/mol. The lowest BCUT2D eigenvalue weighted by Gasteiger charge is -2.08. The molecule has 3 aromatic rings. The molecule has 0 radical (unpaired) electrons. The van der Waals surface area contributed by atoms with Crippen molar-refractivity contribution in [3.05, 3.63) is 46.2 Å². The summed E-state index contributed by atoms with van der Waals surface area (Å²) < 4.78 is 53.4. The normalized spacial score (nSPS) is 11.2. The van der Waals surface area contributed by atoms with E-state index in [-0.39, 0.29) is 16.7 Å². The van der Waals surface area contributed by atoms with Gasteiger partial charge in [-0.05, 0) is 30.7 Å². The van der Waals surface area contributed by atoms with E-state index in [2.05, 4.69) is 10.1 Å². The Hall–Kier alpha value is -2.35. The molecule has 1 aromatic carbocycles. The molecule has 2 aromatic heterocycles. The average molecular weight is 389 g/mol. The monoisotopic (exact) mass is 388 g/mol. The van der Waals surface area contributed by atoms with Gasteiger partial charge in [0.15, 0.2) is 0 Å². The highest BCUT2D eigenvalue weighted by molar-refractivity contribution is 6.32. The first-order chi connectivity index (χ1) is 12.3. The Labute approximate surface area is 152 Å². The van der Waals surface area contributed by atoms with Crippen LogP contribution in [0.15, 0.2) is 24.3 Å². The molecule has 9 heteroatoms. The predicted octanol–water partition coefficient (Wildman–Crippen LogP) is 5.87. The number of hydrogen-bond donors (Lipinski definition) is 1. The van der Waals surface area contributed by atoms with Gasteiger partial charge in [0.05, 0.1) is 21.6 Å². The van der Waals surface area contributed by atoms with E-state index in [4.69, 9.17) is 17.3 Å². The molecule has 3 rings (SSSR count). The second-order valence-corrected chi connectivity index (χ2v) is 5.59. The summed E-state index contributed by atoms with van der Waals surface area (Å²) in [5.41, 5.74) is 5.47. The topological polar surface area (TPSA) is 56.7 Å². The van der Waals surface area contributed by atoms with E-state index in [1.165, 1.54) is 0 Å². The molecule has 0 aliphatic carbocycles. The van der Waals surface area contributed by atoms with E-state index in [1.54, 1.807) is 18.2 Å². The highest BCUT2D eigenvalue weighted by atomic mass is 35.5. The number of hydrogen-bond acceptors (Lipinski definition) is 3. The van der Waals surface area contributed by atoms with Gasteiger partial charge in [-0.15, -0.1) is 0 Å². The third kappa shape index (κ3) is 3.60. The number of anilines is 1. The highest BCUT2D eigenvalue weighted by Crippen LogP contribution is 2.35. The summed E-state index contributed by atoms with van der Waals surface area (Å²) in [7, 11) is 0. The molecule has 2 N–H and O–H groups in total. The molecular weight excluding hydrogens is 372 g/mol. The van der Waals surface area contributed by atoms with Gasteiger partial charge in [-0.2, -0.15) is 5.10 Å².